The summed E-state index contributed by atoms with van der Waals surface area (Å²) in [6.45, 7) is 6.31. The molecule has 0 amide bonds. The van der Waals surface area contributed by atoms with Gasteiger partial charge in [-0.25, -0.2) is 0 Å². The molecule has 4 aliphatic rings. The minimum atomic E-state index is -0.913. The molecular weight excluding hydrogens is 330 g/mol. The van der Waals surface area contributed by atoms with Gasteiger partial charge in [-0.15, -0.1) is 0 Å². The summed E-state index contributed by atoms with van der Waals surface area (Å²) in [7, 11) is 1.63. The molecule has 0 aromatic heterocycles. The highest BCUT2D eigenvalue weighted by Gasteiger charge is 2.73. The van der Waals surface area contributed by atoms with Crippen molar-refractivity contribution < 1.29 is 19.4 Å². The number of benzene rings is 1. The zero-order chi connectivity index (χ0) is 18.3. The molecule has 5 nitrogen and oxygen atoms in total. The first-order chi connectivity index (χ1) is 12.4. The number of carbonyl (C=O) groups is 1. The number of Topliss-reactive ketones (excluding diaryl/α,β-unsaturated/α-hetero) is 1. The van der Waals surface area contributed by atoms with Gasteiger partial charge in [-0.3, -0.25) is 9.69 Å². The molecule has 2 bridgehead atoms. The summed E-state index contributed by atoms with van der Waals surface area (Å²) in [5.41, 5.74) is 0.736. The van der Waals surface area contributed by atoms with E-state index in [2.05, 4.69) is 24.8 Å². The fourth-order valence-electron chi connectivity index (χ4n) is 6.25. The average Bonchev–Trinajstić information content (AvgIpc) is 2.95. The molecule has 2 fully saturated rings. The summed E-state index contributed by atoms with van der Waals surface area (Å²) in [6.07, 6.45) is 1.91. The number of hydrogen-bond donors (Lipinski definition) is 1. The Bertz CT molecular complexity index is 790. The first-order valence-electron chi connectivity index (χ1n) is 9.78. The SMILES string of the molecule is COc1ccc2c3c1O[C@H]1C(=O)CC[C@@]4(O)[C@@H](C2)N(CC(C)C)CC[C@]314. The molecular formula is C21H27NO4. The van der Waals surface area contributed by atoms with Crippen LogP contribution in [0.3, 0.4) is 0 Å². The number of methoxy groups -OCH3 is 1. The quantitative estimate of drug-likeness (QED) is 0.897. The van der Waals surface area contributed by atoms with Crippen LogP contribution >= 0.6 is 0 Å². The average molecular weight is 357 g/mol. The zero-order valence-electron chi connectivity index (χ0n) is 15.7. The largest absolute Gasteiger partial charge is 0.493 e. The lowest BCUT2D eigenvalue weighted by Gasteiger charge is -2.62. The molecule has 1 aromatic carbocycles. The number of carbonyl (C=O) groups excluding carboxylic acids is 1. The van der Waals surface area contributed by atoms with Crippen LogP contribution in [-0.2, 0) is 16.6 Å². The molecule has 0 radical (unpaired) electrons. The first kappa shape index (κ1) is 16.6. The smallest absolute Gasteiger partial charge is 0.174 e. The monoisotopic (exact) mass is 357 g/mol. The van der Waals surface area contributed by atoms with E-state index in [1.165, 1.54) is 5.56 Å². The summed E-state index contributed by atoms with van der Waals surface area (Å²) in [5, 5.41) is 12.1. The van der Waals surface area contributed by atoms with Gasteiger partial charge in [0.2, 0.25) is 0 Å². The van der Waals surface area contributed by atoms with Crippen molar-refractivity contribution in [2.45, 2.75) is 62.7 Å². The standard InChI is InChI=1S/C21H27NO4/c1-12(2)11-22-9-8-20-17-13-4-5-15(25-3)18(17)26-19(20)14(23)6-7-21(20,24)16(22)10-13/h4-5,12,16,19,24H,6-11H2,1-3H3/t16-,19+,20+,21-/m1/s1. The van der Waals surface area contributed by atoms with E-state index < -0.39 is 17.1 Å². The molecule has 1 aromatic rings. The maximum absolute atomic E-state index is 12.8. The molecule has 5 rings (SSSR count). The molecule has 26 heavy (non-hydrogen) atoms. The minimum absolute atomic E-state index is 0.0460. The Kier molecular flexibility index (Phi) is 3.33. The van der Waals surface area contributed by atoms with Gasteiger partial charge in [0.1, 0.15) is 0 Å². The molecule has 1 saturated carbocycles. The van der Waals surface area contributed by atoms with Crippen molar-refractivity contribution in [3.05, 3.63) is 23.3 Å². The highest BCUT2D eigenvalue weighted by atomic mass is 16.5. The number of rotatable bonds is 3. The number of aliphatic hydroxyl groups is 1. The molecule has 5 heteroatoms. The maximum atomic E-state index is 12.8. The highest BCUT2D eigenvalue weighted by molar-refractivity contribution is 5.90. The van der Waals surface area contributed by atoms with Crippen LogP contribution in [0.15, 0.2) is 12.1 Å². The van der Waals surface area contributed by atoms with Gasteiger partial charge in [-0.2, -0.15) is 0 Å². The molecule has 2 heterocycles. The van der Waals surface area contributed by atoms with Gasteiger partial charge < -0.3 is 14.6 Å². The van der Waals surface area contributed by atoms with Gasteiger partial charge in [0.15, 0.2) is 23.4 Å². The Morgan fingerprint density at radius 1 is 1.38 bits per heavy atom. The third kappa shape index (κ3) is 1.76. The van der Waals surface area contributed by atoms with Crippen LogP contribution in [0.5, 0.6) is 11.5 Å². The topological polar surface area (TPSA) is 59.0 Å². The summed E-state index contributed by atoms with van der Waals surface area (Å²) in [6, 6.07) is 4.10. The van der Waals surface area contributed by atoms with Crippen molar-refractivity contribution in [3.8, 4) is 11.5 Å². The number of likely N-dealkylation sites (tertiary alicyclic amines) is 1. The normalized spacial score (nSPS) is 37.5. The van der Waals surface area contributed by atoms with Crippen molar-refractivity contribution in [2.75, 3.05) is 20.2 Å². The predicted molar refractivity (Wildman–Crippen MR) is 96.8 cm³/mol. The van der Waals surface area contributed by atoms with Crippen LogP contribution in [-0.4, -0.2) is 53.7 Å². The fourth-order valence-corrected chi connectivity index (χ4v) is 6.25. The molecule has 2 aliphatic carbocycles. The third-order valence-corrected chi connectivity index (χ3v) is 7.17. The molecule has 1 N–H and O–H groups in total. The first-order valence-corrected chi connectivity index (χ1v) is 9.78. The van der Waals surface area contributed by atoms with Crippen LogP contribution in [0.2, 0.25) is 0 Å². The van der Waals surface area contributed by atoms with Crippen LogP contribution in [0.25, 0.3) is 0 Å². The third-order valence-electron chi connectivity index (χ3n) is 7.17. The van der Waals surface area contributed by atoms with Crippen molar-refractivity contribution in [1.82, 2.24) is 4.90 Å². The number of hydrogen-bond acceptors (Lipinski definition) is 5. The molecule has 140 valence electrons. The lowest BCUT2D eigenvalue weighted by Crippen LogP contribution is -2.76. The van der Waals surface area contributed by atoms with Crippen LogP contribution in [0.1, 0.15) is 44.2 Å². The van der Waals surface area contributed by atoms with Crippen LogP contribution in [0.4, 0.5) is 0 Å². The van der Waals surface area contributed by atoms with Crippen molar-refractivity contribution in [2.24, 2.45) is 5.92 Å². The predicted octanol–water partition coefficient (Wildman–Crippen LogP) is 2.07. The molecule has 0 unspecified atom stereocenters. The summed E-state index contributed by atoms with van der Waals surface area (Å²) >= 11 is 0. The Morgan fingerprint density at radius 3 is 2.92 bits per heavy atom. The van der Waals surface area contributed by atoms with Crippen LogP contribution in [0, 0.1) is 5.92 Å². The second-order valence-corrected chi connectivity index (χ2v) is 8.85. The van der Waals surface area contributed by atoms with Crippen LogP contribution < -0.4 is 9.47 Å². The van der Waals surface area contributed by atoms with E-state index in [-0.39, 0.29) is 11.8 Å². The number of ether oxygens (including phenoxy) is 2. The van der Waals surface area contributed by atoms with Crippen molar-refractivity contribution >= 4 is 5.78 Å². The second-order valence-electron chi connectivity index (χ2n) is 8.85. The lowest BCUT2D eigenvalue weighted by atomic mass is 9.49. The van der Waals surface area contributed by atoms with E-state index in [9.17, 15) is 9.90 Å². The zero-order valence-corrected chi connectivity index (χ0v) is 15.7. The molecule has 2 aliphatic heterocycles. The number of ketones is 1. The number of nitrogens with zero attached hydrogens (tertiary/aromatic N) is 1. The highest BCUT2D eigenvalue weighted by Crippen LogP contribution is 2.64. The Labute approximate surface area is 154 Å². The second kappa shape index (κ2) is 5.23. The molecule has 1 spiro atoms. The van der Waals surface area contributed by atoms with Crippen molar-refractivity contribution in [1.29, 1.82) is 0 Å². The van der Waals surface area contributed by atoms with E-state index >= 15 is 0 Å². The van der Waals surface area contributed by atoms with Gasteiger partial charge >= 0.3 is 0 Å². The maximum Gasteiger partial charge on any atom is 0.174 e. The van der Waals surface area contributed by atoms with Gasteiger partial charge in [0.25, 0.3) is 0 Å². The summed E-state index contributed by atoms with van der Waals surface area (Å²) in [4.78, 5) is 15.3. The number of piperidine rings is 1. The van der Waals surface area contributed by atoms with E-state index in [4.69, 9.17) is 9.47 Å². The minimum Gasteiger partial charge on any atom is -0.493 e. The molecule has 1 saturated heterocycles. The van der Waals surface area contributed by atoms with E-state index in [1.54, 1.807) is 7.11 Å². The Hall–Kier alpha value is -1.59. The Balaban J connectivity index is 1.74. The van der Waals surface area contributed by atoms with Gasteiger partial charge in [-0.1, -0.05) is 19.9 Å². The van der Waals surface area contributed by atoms with Gasteiger partial charge in [0.05, 0.1) is 18.1 Å². The summed E-state index contributed by atoms with van der Waals surface area (Å²) < 4.78 is 11.8. The van der Waals surface area contributed by atoms with Gasteiger partial charge in [-0.05, 0) is 43.4 Å². The summed E-state index contributed by atoms with van der Waals surface area (Å²) in [5.74, 6) is 2.03. The van der Waals surface area contributed by atoms with Gasteiger partial charge in [0, 0.05) is 24.6 Å². The van der Waals surface area contributed by atoms with Crippen molar-refractivity contribution in [3.63, 3.8) is 0 Å². The van der Waals surface area contributed by atoms with E-state index in [0.717, 1.165) is 31.5 Å². The van der Waals surface area contributed by atoms with E-state index in [1.807, 2.05) is 6.07 Å². The lowest BCUT2D eigenvalue weighted by molar-refractivity contribution is -0.189. The molecule has 4 atom stereocenters. The Morgan fingerprint density at radius 2 is 2.19 bits per heavy atom. The van der Waals surface area contributed by atoms with E-state index in [0.29, 0.717) is 30.3 Å². The fraction of sp³-hybridized carbons (Fsp3) is 0.667.